The van der Waals surface area contributed by atoms with Crippen molar-refractivity contribution in [1.29, 1.82) is 0 Å². The Balaban J connectivity index is 2.42. The molecule has 0 bridgehead atoms. The number of amides is 2. The molecular weight excluding hydrogens is 234 g/mol. The molecular formula is C12H17N3O3. The minimum atomic E-state index is -0.868. The lowest BCUT2D eigenvalue weighted by atomic mass is 10.2. The summed E-state index contributed by atoms with van der Waals surface area (Å²) in [6.45, 7) is 3.56. The number of aromatic nitrogens is 1. The summed E-state index contributed by atoms with van der Waals surface area (Å²) in [5, 5.41) is 13.9. The molecule has 98 valence electrons. The number of aryl methyl sites for hydroxylation is 1. The standard InChI is InChI=1S/C12H17N3O3/c1-8(5-6-11(16)17)14-12(18)15-10-4-3-7-13-9(10)2/h3-4,7-8H,5-6H2,1-2H3,(H,16,17)(H2,14,15,18). The fourth-order valence-corrected chi connectivity index (χ4v) is 1.41. The highest BCUT2D eigenvalue weighted by molar-refractivity contribution is 5.89. The number of nitrogens with one attached hydrogen (secondary N) is 2. The highest BCUT2D eigenvalue weighted by Gasteiger charge is 2.10. The van der Waals surface area contributed by atoms with E-state index in [1.165, 1.54) is 0 Å². The largest absolute Gasteiger partial charge is 0.481 e. The van der Waals surface area contributed by atoms with Crippen LogP contribution in [0.2, 0.25) is 0 Å². The number of carbonyl (C=O) groups excluding carboxylic acids is 1. The second kappa shape index (κ2) is 6.58. The summed E-state index contributed by atoms with van der Waals surface area (Å²) in [7, 11) is 0. The van der Waals surface area contributed by atoms with E-state index in [4.69, 9.17) is 5.11 Å². The zero-order chi connectivity index (χ0) is 13.5. The third kappa shape index (κ3) is 4.82. The molecule has 0 aliphatic heterocycles. The van der Waals surface area contributed by atoms with Crippen molar-refractivity contribution >= 4 is 17.7 Å². The third-order valence-corrected chi connectivity index (χ3v) is 2.42. The maximum atomic E-state index is 11.6. The SMILES string of the molecule is Cc1ncccc1NC(=O)NC(C)CCC(=O)O. The van der Waals surface area contributed by atoms with E-state index in [1.807, 2.05) is 0 Å². The first kappa shape index (κ1) is 14.0. The quantitative estimate of drug-likeness (QED) is 0.743. The normalized spacial score (nSPS) is 11.7. The monoisotopic (exact) mass is 251 g/mol. The molecule has 0 aliphatic carbocycles. The highest BCUT2D eigenvalue weighted by Crippen LogP contribution is 2.09. The molecule has 0 aliphatic rings. The van der Waals surface area contributed by atoms with Gasteiger partial charge < -0.3 is 15.7 Å². The van der Waals surface area contributed by atoms with Gasteiger partial charge in [0.15, 0.2) is 0 Å². The van der Waals surface area contributed by atoms with Crippen LogP contribution in [0, 0.1) is 6.92 Å². The van der Waals surface area contributed by atoms with Crippen LogP contribution in [0.15, 0.2) is 18.3 Å². The molecule has 3 N–H and O–H groups in total. The average molecular weight is 251 g/mol. The summed E-state index contributed by atoms with van der Waals surface area (Å²) in [4.78, 5) is 26.1. The minimum Gasteiger partial charge on any atom is -0.481 e. The topological polar surface area (TPSA) is 91.3 Å². The molecule has 1 heterocycles. The van der Waals surface area contributed by atoms with Crippen LogP contribution in [-0.2, 0) is 4.79 Å². The number of carboxylic acid groups (broad SMARTS) is 1. The minimum absolute atomic E-state index is 0.0351. The van der Waals surface area contributed by atoms with E-state index in [0.29, 0.717) is 12.1 Å². The van der Waals surface area contributed by atoms with E-state index in [1.54, 1.807) is 32.2 Å². The van der Waals surface area contributed by atoms with Crippen molar-refractivity contribution in [3.8, 4) is 0 Å². The van der Waals surface area contributed by atoms with Gasteiger partial charge in [-0.05, 0) is 32.4 Å². The van der Waals surface area contributed by atoms with Crippen LogP contribution >= 0.6 is 0 Å². The zero-order valence-corrected chi connectivity index (χ0v) is 10.4. The summed E-state index contributed by atoms with van der Waals surface area (Å²) in [6, 6.07) is 2.93. The van der Waals surface area contributed by atoms with Gasteiger partial charge in [0.05, 0.1) is 11.4 Å². The molecule has 1 rings (SSSR count). The predicted octanol–water partition coefficient (Wildman–Crippen LogP) is 1.76. The first-order valence-corrected chi connectivity index (χ1v) is 5.70. The van der Waals surface area contributed by atoms with E-state index in [-0.39, 0.29) is 18.5 Å². The van der Waals surface area contributed by atoms with E-state index in [9.17, 15) is 9.59 Å². The highest BCUT2D eigenvalue weighted by atomic mass is 16.4. The lowest BCUT2D eigenvalue weighted by molar-refractivity contribution is -0.137. The molecule has 1 unspecified atom stereocenters. The molecule has 0 aromatic carbocycles. The van der Waals surface area contributed by atoms with Gasteiger partial charge in [0.2, 0.25) is 0 Å². The number of rotatable bonds is 5. The molecule has 1 aromatic rings. The molecule has 0 saturated heterocycles. The smallest absolute Gasteiger partial charge is 0.319 e. The van der Waals surface area contributed by atoms with E-state index in [0.717, 1.165) is 5.69 Å². The average Bonchev–Trinajstić information content (AvgIpc) is 2.29. The van der Waals surface area contributed by atoms with Crippen molar-refractivity contribution in [2.24, 2.45) is 0 Å². The van der Waals surface area contributed by atoms with Crippen LogP contribution in [0.25, 0.3) is 0 Å². The number of urea groups is 1. The van der Waals surface area contributed by atoms with Gasteiger partial charge in [-0.3, -0.25) is 9.78 Å². The second-order valence-electron chi connectivity index (χ2n) is 4.07. The summed E-state index contributed by atoms with van der Waals surface area (Å²) in [6.07, 6.45) is 2.08. The molecule has 1 atom stereocenters. The number of hydrogen-bond donors (Lipinski definition) is 3. The molecule has 18 heavy (non-hydrogen) atoms. The second-order valence-corrected chi connectivity index (χ2v) is 4.07. The Morgan fingerprint density at radius 1 is 1.50 bits per heavy atom. The Morgan fingerprint density at radius 2 is 2.22 bits per heavy atom. The molecule has 6 nitrogen and oxygen atoms in total. The maximum absolute atomic E-state index is 11.6. The van der Waals surface area contributed by atoms with Crippen molar-refractivity contribution in [3.05, 3.63) is 24.0 Å². The lowest BCUT2D eigenvalue weighted by Gasteiger charge is -2.14. The number of carbonyl (C=O) groups is 2. The van der Waals surface area contributed by atoms with Crippen LogP contribution in [0.5, 0.6) is 0 Å². The van der Waals surface area contributed by atoms with E-state index in [2.05, 4.69) is 15.6 Å². The van der Waals surface area contributed by atoms with Crippen LogP contribution in [0.3, 0.4) is 0 Å². The predicted molar refractivity (Wildman–Crippen MR) is 67.5 cm³/mol. The number of carboxylic acids is 1. The number of aliphatic carboxylic acids is 1. The van der Waals surface area contributed by atoms with Gasteiger partial charge >= 0.3 is 12.0 Å². The van der Waals surface area contributed by atoms with Crippen LogP contribution in [0.4, 0.5) is 10.5 Å². The summed E-state index contributed by atoms with van der Waals surface area (Å²) >= 11 is 0. The fourth-order valence-electron chi connectivity index (χ4n) is 1.41. The number of hydrogen-bond acceptors (Lipinski definition) is 3. The third-order valence-electron chi connectivity index (χ3n) is 2.42. The molecule has 0 saturated carbocycles. The van der Waals surface area contributed by atoms with Gasteiger partial charge in [-0.1, -0.05) is 0 Å². The van der Waals surface area contributed by atoms with Crippen molar-refractivity contribution in [2.45, 2.75) is 32.7 Å². The Kier molecular flexibility index (Phi) is 5.10. The number of pyridine rings is 1. The summed E-state index contributed by atoms with van der Waals surface area (Å²) in [5.74, 6) is -0.868. The summed E-state index contributed by atoms with van der Waals surface area (Å²) in [5.41, 5.74) is 1.37. The summed E-state index contributed by atoms with van der Waals surface area (Å²) < 4.78 is 0. The zero-order valence-electron chi connectivity index (χ0n) is 10.4. The van der Waals surface area contributed by atoms with Crippen LogP contribution in [-0.4, -0.2) is 28.1 Å². The number of nitrogens with zero attached hydrogens (tertiary/aromatic N) is 1. The fraction of sp³-hybridized carbons (Fsp3) is 0.417. The number of anilines is 1. The molecule has 1 aromatic heterocycles. The van der Waals surface area contributed by atoms with Crippen molar-refractivity contribution in [1.82, 2.24) is 10.3 Å². The molecule has 0 spiro atoms. The molecule has 0 fully saturated rings. The van der Waals surface area contributed by atoms with Crippen LogP contribution < -0.4 is 10.6 Å². The first-order valence-electron chi connectivity index (χ1n) is 5.70. The van der Waals surface area contributed by atoms with Gasteiger partial charge in [0, 0.05) is 18.7 Å². The van der Waals surface area contributed by atoms with Crippen molar-refractivity contribution in [2.75, 3.05) is 5.32 Å². The Morgan fingerprint density at radius 3 is 2.83 bits per heavy atom. The Bertz CT molecular complexity index is 434. The molecule has 2 amide bonds. The van der Waals surface area contributed by atoms with Crippen LogP contribution in [0.1, 0.15) is 25.5 Å². The van der Waals surface area contributed by atoms with Gasteiger partial charge in [-0.2, -0.15) is 0 Å². The molecule has 0 radical (unpaired) electrons. The van der Waals surface area contributed by atoms with Crippen molar-refractivity contribution in [3.63, 3.8) is 0 Å². The Hall–Kier alpha value is -2.11. The van der Waals surface area contributed by atoms with Gasteiger partial charge in [-0.15, -0.1) is 0 Å². The van der Waals surface area contributed by atoms with Gasteiger partial charge in [0.25, 0.3) is 0 Å². The van der Waals surface area contributed by atoms with E-state index < -0.39 is 5.97 Å². The maximum Gasteiger partial charge on any atom is 0.319 e. The lowest BCUT2D eigenvalue weighted by Crippen LogP contribution is -2.36. The van der Waals surface area contributed by atoms with Crippen molar-refractivity contribution < 1.29 is 14.7 Å². The first-order chi connectivity index (χ1) is 8.49. The van der Waals surface area contributed by atoms with E-state index >= 15 is 0 Å². The molecule has 6 heteroatoms. The van der Waals surface area contributed by atoms with Gasteiger partial charge in [0.1, 0.15) is 0 Å². The van der Waals surface area contributed by atoms with Gasteiger partial charge in [-0.25, -0.2) is 4.79 Å². The Labute approximate surface area is 105 Å².